The third-order valence-corrected chi connectivity index (χ3v) is 1.19. The highest BCUT2D eigenvalue weighted by atomic mass is 16.2. The van der Waals surface area contributed by atoms with Crippen LogP contribution < -0.4 is 4.90 Å². The van der Waals surface area contributed by atoms with Crippen molar-refractivity contribution >= 4 is 18.5 Å². The second-order valence-electron chi connectivity index (χ2n) is 1.82. The van der Waals surface area contributed by atoms with E-state index in [4.69, 9.17) is 0 Å². The van der Waals surface area contributed by atoms with E-state index in [1.165, 1.54) is 12.4 Å². The van der Waals surface area contributed by atoms with Crippen molar-refractivity contribution in [1.82, 2.24) is 4.98 Å². The van der Waals surface area contributed by atoms with Crippen LogP contribution in [-0.4, -0.2) is 17.8 Å². The van der Waals surface area contributed by atoms with Gasteiger partial charge >= 0.3 is 0 Å². The van der Waals surface area contributed by atoms with Gasteiger partial charge < -0.3 is 0 Å². The standard InChI is InChI=1S/C7H6N2O2/c10-5-9(6-11)7-1-3-8-4-2-7/h1-6H. The summed E-state index contributed by atoms with van der Waals surface area (Å²) in [5.41, 5.74) is 0.519. The van der Waals surface area contributed by atoms with Crippen LogP contribution in [0.3, 0.4) is 0 Å². The molecule has 0 aliphatic carbocycles. The van der Waals surface area contributed by atoms with E-state index in [0.717, 1.165) is 4.90 Å². The number of hydrogen-bond donors (Lipinski definition) is 0. The van der Waals surface area contributed by atoms with Gasteiger partial charge in [0.05, 0.1) is 5.69 Å². The Bertz CT molecular complexity index is 240. The van der Waals surface area contributed by atoms with E-state index in [1.807, 2.05) is 0 Å². The highest BCUT2D eigenvalue weighted by molar-refractivity contribution is 5.95. The van der Waals surface area contributed by atoms with Crippen LogP contribution in [0.5, 0.6) is 0 Å². The van der Waals surface area contributed by atoms with Gasteiger partial charge in [-0.15, -0.1) is 0 Å². The van der Waals surface area contributed by atoms with Gasteiger partial charge in [-0.2, -0.15) is 0 Å². The average molecular weight is 150 g/mol. The van der Waals surface area contributed by atoms with Gasteiger partial charge in [0, 0.05) is 12.4 Å². The largest absolute Gasteiger partial charge is 0.278 e. The van der Waals surface area contributed by atoms with Crippen LogP contribution in [0.25, 0.3) is 0 Å². The molecule has 4 nitrogen and oxygen atoms in total. The van der Waals surface area contributed by atoms with E-state index in [1.54, 1.807) is 12.1 Å². The van der Waals surface area contributed by atoms with E-state index < -0.39 is 0 Å². The molecule has 11 heavy (non-hydrogen) atoms. The summed E-state index contributed by atoms with van der Waals surface area (Å²) in [5, 5.41) is 0. The number of pyridine rings is 1. The molecule has 0 bridgehead atoms. The van der Waals surface area contributed by atoms with Crippen LogP contribution in [0.15, 0.2) is 24.5 Å². The van der Waals surface area contributed by atoms with Crippen LogP contribution in [0.2, 0.25) is 0 Å². The Morgan fingerprint density at radius 1 is 1.18 bits per heavy atom. The molecule has 0 N–H and O–H groups in total. The molecule has 0 saturated carbocycles. The number of aromatic nitrogens is 1. The minimum absolute atomic E-state index is 0.447. The fourth-order valence-corrected chi connectivity index (χ4v) is 0.663. The molecule has 1 rings (SSSR count). The Hall–Kier alpha value is -1.71. The Kier molecular flexibility index (Phi) is 2.32. The lowest BCUT2D eigenvalue weighted by molar-refractivity contribution is -0.113. The first-order chi connectivity index (χ1) is 5.38. The van der Waals surface area contributed by atoms with Gasteiger partial charge in [-0.3, -0.25) is 19.5 Å². The van der Waals surface area contributed by atoms with Gasteiger partial charge in [-0.1, -0.05) is 0 Å². The summed E-state index contributed by atoms with van der Waals surface area (Å²) in [6, 6.07) is 3.14. The lowest BCUT2D eigenvalue weighted by Crippen LogP contribution is -2.17. The number of nitrogens with zero attached hydrogens (tertiary/aromatic N) is 2. The van der Waals surface area contributed by atoms with Crippen molar-refractivity contribution in [3.63, 3.8) is 0 Å². The molecule has 56 valence electrons. The second-order valence-corrected chi connectivity index (χ2v) is 1.82. The fourth-order valence-electron chi connectivity index (χ4n) is 0.663. The fraction of sp³-hybridized carbons (Fsp3) is 0. The first-order valence-electron chi connectivity index (χ1n) is 2.97. The number of rotatable bonds is 3. The zero-order valence-electron chi connectivity index (χ0n) is 5.68. The van der Waals surface area contributed by atoms with Gasteiger partial charge in [-0.25, -0.2) is 0 Å². The van der Waals surface area contributed by atoms with Crippen molar-refractivity contribution in [3.05, 3.63) is 24.5 Å². The Morgan fingerprint density at radius 2 is 1.73 bits per heavy atom. The summed E-state index contributed by atoms with van der Waals surface area (Å²) < 4.78 is 0. The number of hydrogen-bond acceptors (Lipinski definition) is 3. The Balaban J connectivity index is 2.90. The maximum Gasteiger partial charge on any atom is 0.220 e. The molecule has 0 saturated heterocycles. The summed E-state index contributed by atoms with van der Waals surface area (Å²) in [5.74, 6) is 0. The zero-order chi connectivity index (χ0) is 8.10. The summed E-state index contributed by atoms with van der Waals surface area (Å²) in [7, 11) is 0. The van der Waals surface area contributed by atoms with E-state index in [9.17, 15) is 9.59 Å². The quantitative estimate of drug-likeness (QED) is 0.578. The van der Waals surface area contributed by atoms with E-state index in [0.29, 0.717) is 18.5 Å². The molecule has 0 spiro atoms. The van der Waals surface area contributed by atoms with Crippen molar-refractivity contribution in [2.45, 2.75) is 0 Å². The third-order valence-electron chi connectivity index (χ3n) is 1.19. The predicted octanol–water partition coefficient (Wildman–Crippen LogP) is 0.201. The number of carbonyl (C=O) groups excluding carboxylic acids is 2. The van der Waals surface area contributed by atoms with E-state index in [-0.39, 0.29) is 0 Å². The molecule has 2 amide bonds. The molecule has 0 aliphatic heterocycles. The lowest BCUT2D eigenvalue weighted by Gasteiger charge is -2.06. The molecular weight excluding hydrogens is 144 g/mol. The molecule has 1 aromatic heterocycles. The molecule has 0 aromatic carbocycles. The topological polar surface area (TPSA) is 50.3 Å². The van der Waals surface area contributed by atoms with Crippen LogP contribution in [0.4, 0.5) is 5.69 Å². The summed E-state index contributed by atoms with van der Waals surface area (Å²) in [4.78, 5) is 25.1. The zero-order valence-corrected chi connectivity index (χ0v) is 5.68. The van der Waals surface area contributed by atoms with Crippen molar-refractivity contribution < 1.29 is 9.59 Å². The lowest BCUT2D eigenvalue weighted by atomic mass is 10.4. The molecule has 0 unspecified atom stereocenters. The highest BCUT2D eigenvalue weighted by Crippen LogP contribution is 2.06. The number of carbonyl (C=O) groups is 2. The number of anilines is 1. The molecule has 1 heterocycles. The van der Waals surface area contributed by atoms with Crippen molar-refractivity contribution in [1.29, 1.82) is 0 Å². The monoisotopic (exact) mass is 150 g/mol. The molecule has 0 fully saturated rings. The SMILES string of the molecule is O=CN(C=O)c1ccncc1. The van der Waals surface area contributed by atoms with Crippen LogP contribution in [0.1, 0.15) is 0 Å². The van der Waals surface area contributed by atoms with Crippen LogP contribution in [0, 0.1) is 0 Å². The summed E-state index contributed by atoms with van der Waals surface area (Å²) in [6.45, 7) is 0. The first kappa shape index (κ1) is 7.40. The van der Waals surface area contributed by atoms with Crippen molar-refractivity contribution in [2.24, 2.45) is 0 Å². The van der Waals surface area contributed by atoms with Crippen LogP contribution >= 0.6 is 0 Å². The van der Waals surface area contributed by atoms with Gasteiger partial charge in [0.25, 0.3) is 0 Å². The Labute approximate surface area is 63.5 Å². The molecule has 1 aromatic rings. The van der Waals surface area contributed by atoms with E-state index in [2.05, 4.69) is 4.98 Å². The molecule has 0 atom stereocenters. The number of imide groups is 1. The average Bonchev–Trinajstić information content (AvgIpc) is 2.09. The molecule has 4 heteroatoms. The maximum absolute atomic E-state index is 10.2. The minimum atomic E-state index is 0.447. The third kappa shape index (κ3) is 1.61. The normalized spacial score (nSPS) is 8.73. The molecular formula is C7H6N2O2. The van der Waals surface area contributed by atoms with Gasteiger partial charge in [0.1, 0.15) is 0 Å². The number of amides is 2. The molecule has 0 aliphatic rings. The smallest absolute Gasteiger partial charge is 0.220 e. The summed E-state index contributed by atoms with van der Waals surface area (Å²) >= 11 is 0. The predicted molar refractivity (Wildman–Crippen MR) is 38.8 cm³/mol. The highest BCUT2D eigenvalue weighted by Gasteiger charge is 1.99. The van der Waals surface area contributed by atoms with E-state index >= 15 is 0 Å². The van der Waals surface area contributed by atoms with Gasteiger partial charge in [0.2, 0.25) is 12.8 Å². The second kappa shape index (κ2) is 3.46. The van der Waals surface area contributed by atoms with Gasteiger partial charge in [0.15, 0.2) is 0 Å². The summed E-state index contributed by atoms with van der Waals surface area (Å²) in [6.07, 6.45) is 3.91. The van der Waals surface area contributed by atoms with Gasteiger partial charge in [-0.05, 0) is 12.1 Å². The minimum Gasteiger partial charge on any atom is -0.278 e. The molecule has 0 radical (unpaired) electrons. The van der Waals surface area contributed by atoms with Crippen molar-refractivity contribution in [2.75, 3.05) is 4.90 Å². The van der Waals surface area contributed by atoms with Crippen molar-refractivity contribution in [3.8, 4) is 0 Å². The maximum atomic E-state index is 10.2. The Morgan fingerprint density at radius 3 is 2.18 bits per heavy atom. The first-order valence-corrected chi connectivity index (χ1v) is 2.97. The van der Waals surface area contributed by atoms with Crippen LogP contribution in [-0.2, 0) is 9.59 Å².